The molecule has 0 radical (unpaired) electrons. The number of hydrogen-bond acceptors (Lipinski definition) is 5. The summed E-state index contributed by atoms with van der Waals surface area (Å²) in [5.41, 5.74) is 3.83. The number of rotatable bonds is 4. The molecule has 0 aliphatic heterocycles. The summed E-state index contributed by atoms with van der Waals surface area (Å²) in [7, 11) is 1.09. The molecular weight excluding hydrogens is 552 g/mol. The van der Waals surface area contributed by atoms with Gasteiger partial charge in [-0.3, -0.25) is 0 Å². The van der Waals surface area contributed by atoms with Crippen molar-refractivity contribution >= 4 is 34.2 Å². The summed E-state index contributed by atoms with van der Waals surface area (Å²) in [5.74, 6) is -5.37. The number of methoxy groups -OCH3 is 1. The molecule has 6 nitrogen and oxygen atoms in total. The Morgan fingerprint density at radius 1 is 1.19 bits per heavy atom. The molecule has 3 rings (SSSR count). The number of alkyl halides is 3. The number of carbonyl (C=O) groups is 1. The lowest BCUT2D eigenvalue weighted by molar-refractivity contribution is -0.138. The number of esters is 1. The minimum Gasteiger partial charge on any atom is -0.464 e. The van der Waals surface area contributed by atoms with Crippen LogP contribution in [0, 0.1) is 26.5 Å². The van der Waals surface area contributed by atoms with Crippen molar-refractivity contribution in [3.05, 3.63) is 68.6 Å². The predicted octanol–water partition coefficient (Wildman–Crippen LogP) is 5.41. The predicted molar refractivity (Wildman–Crippen MR) is 110 cm³/mol. The van der Waals surface area contributed by atoms with E-state index in [0.29, 0.717) is 3.57 Å². The number of ether oxygens (including phenoxy) is 2. The molecule has 2 aromatic carbocycles. The maximum atomic E-state index is 14.3. The van der Waals surface area contributed by atoms with Gasteiger partial charge >= 0.3 is 12.1 Å². The molecular formula is C20H11F5IN3O3. The molecule has 1 aromatic heterocycles. The highest BCUT2D eigenvalue weighted by Crippen LogP contribution is 2.38. The Bertz CT molecular complexity index is 1240. The number of hydrogen-bond donors (Lipinski definition) is 1. The molecule has 12 heteroatoms. The van der Waals surface area contributed by atoms with E-state index in [9.17, 15) is 32.0 Å². The first kappa shape index (κ1) is 23.3. The van der Waals surface area contributed by atoms with E-state index in [0.717, 1.165) is 11.7 Å². The largest absolute Gasteiger partial charge is 0.464 e. The molecule has 0 bridgehead atoms. The second kappa shape index (κ2) is 8.65. The van der Waals surface area contributed by atoms with E-state index in [1.165, 1.54) is 18.3 Å². The molecule has 0 unspecified atom stereocenters. The number of nitriles is 1. The number of nitrogen functional groups attached to an aromatic ring is 1. The Morgan fingerprint density at radius 3 is 2.34 bits per heavy atom. The molecule has 0 aliphatic rings. The first-order valence-electron chi connectivity index (χ1n) is 8.51. The number of aromatic nitrogens is 1. The van der Waals surface area contributed by atoms with Crippen LogP contribution < -0.4 is 10.5 Å². The maximum Gasteiger partial charge on any atom is 0.416 e. The van der Waals surface area contributed by atoms with E-state index < -0.39 is 35.1 Å². The fourth-order valence-electron chi connectivity index (χ4n) is 2.80. The lowest BCUT2D eigenvalue weighted by Gasteiger charge is -2.16. The van der Waals surface area contributed by atoms with Crippen LogP contribution in [0.15, 0.2) is 36.5 Å². The van der Waals surface area contributed by atoms with E-state index >= 15 is 0 Å². The molecule has 0 aliphatic carbocycles. The van der Waals surface area contributed by atoms with Crippen LogP contribution >= 0.6 is 22.6 Å². The first-order valence-corrected chi connectivity index (χ1v) is 9.59. The zero-order chi connectivity index (χ0) is 23.8. The molecule has 1 heterocycles. The lowest BCUT2D eigenvalue weighted by Crippen LogP contribution is -2.12. The van der Waals surface area contributed by atoms with Crippen molar-refractivity contribution in [1.82, 2.24) is 4.57 Å². The van der Waals surface area contributed by atoms with E-state index in [1.807, 2.05) is 22.6 Å². The van der Waals surface area contributed by atoms with Crippen molar-refractivity contribution in [2.75, 3.05) is 12.8 Å². The van der Waals surface area contributed by atoms with E-state index in [4.69, 9.17) is 10.5 Å². The summed E-state index contributed by atoms with van der Waals surface area (Å²) in [6.45, 7) is 0. The minimum absolute atomic E-state index is 0.0257. The summed E-state index contributed by atoms with van der Waals surface area (Å²) >= 11 is 1.87. The van der Waals surface area contributed by atoms with Gasteiger partial charge in [-0.25, -0.2) is 13.6 Å². The molecule has 0 amide bonds. The average molecular weight is 563 g/mol. The quantitative estimate of drug-likeness (QED) is 0.261. The molecule has 0 fully saturated rings. The third-order valence-electron chi connectivity index (χ3n) is 4.26. The SMILES string of the molecule is COC(=O)c1c(N)c(C#N)cn1-c1ccc(I)cc1Oc1c(F)cc(C(F)(F)F)cc1F. The smallest absolute Gasteiger partial charge is 0.416 e. The van der Waals surface area contributed by atoms with Crippen molar-refractivity contribution in [3.8, 4) is 23.3 Å². The number of nitrogens with zero attached hydrogens (tertiary/aromatic N) is 2. The second-order valence-corrected chi connectivity index (χ2v) is 7.50. The monoisotopic (exact) mass is 563 g/mol. The van der Waals surface area contributed by atoms with E-state index in [2.05, 4.69) is 4.74 Å². The molecule has 166 valence electrons. The average Bonchev–Trinajstić information content (AvgIpc) is 3.05. The molecule has 0 saturated carbocycles. The van der Waals surface area contributed by atoms with Crippen LogP contribution in [0.4, 0.5) is 27.6 Å². The standard InChI is InChI=1S/C20H11F5IN3O3/c1-31-19(30)17-16(28)9(7-27)8-29(17)14-3-2-11(26)6-15(14)32-18-12(21)4-10(5-13(18)22)20(23,24)25/h2-6,8H,28H2,1H3. The van der Waals surface area contributed by atoms with Gasteiger partial charge in [0.05, 0.1) is 29.6 Å². The molecule has 0 spiro atoms. The number of halogens is 6. The van der Waals surface area contributed by atoms with Crippen LogP contribution in [0.3, 0.4) is 0 Å². The third-order valence-corrected chi connectivity index (χ3v) is 4.93. The molecule has 0 atom stereocenters. The third kappa shape index (κ3) is 4.33. The summed E-state index contributed by atoms with van der Waals surface area (Å²) < 4.78 is 78.8. The van der Waals surface area contributed by atoms with Gasteiger partial charge in [-0.05, 0) is 52.9 Å². The lowest BCUT2D eigenvalue weighted by atomic mass is 10.2. The Balaban J connectivity index is 2.19. The van der Waals surface area contributed by atoms with Crippen LogP contribution in [0.5, 0.6) is 11.5 Å². The molecule has 2 N–H and O–H groups in total. The number of nitrogens with two attached hydrogens (primary N) is 1. The van der Waals surface area contributed by atoms with Crippen molar-refractivity contribution < 1.29 is 36.2 Å². The molecule has 32 heavy (non-hydrogen) atoms. The van der Waals surface area contributed by atoms with Gasteiger partial charge in [0.2, 0.25) is 0 Å². The highest BCUT2D eigenvalue weighted by Gasteiger charge is 2.33. The van der Waals surface area contributed by atoms with Gasteiger partial charge in [-0.15, -0.1) is 0 Å². The van der Waals surface area contributed by atoms with Crippen LogP contribution in [0.1, 0.15) is 21.6 Å². The summed E-state index contributed by atoms with van der Waals surface area (Å²) in [4.78, 5) is 12.2. The van der Waals surface area contributed by atoms with Gasteiger partial charge in [-0.2, -0.15) is 18.4 Å². The Labute approximate surface area is 191 Å². The van der Waals surface area contributed by atoms with Crippen LogP contribution in [-0.4, -0.2) is 17.6 Å². The molecule has 0 saturated heterocycles. The van der Waals surface area contributed by atoms with Crippen molar-refractivity contribution in [3.63, 3.8) is 0 Å². The maximum absolute atomic E-state index is 14.3. The van der Waals surface area contributed by atoms with E-state index in [-0.39, 0.29) is 40.5 Å². The fourth-order valence-corrected chi connectivity index (χ4v) is 3.27. The van der Waals surface area contributed by atoms with Gasteiger partial charge in [0, 0.05) is 9.77 Å². The summed E-state index contributed by atoms with van der Waals surface area (Å²) in [6.07, 6.45) is -3.77. The van der Waals surface area contributed by atoms with Gasteiger partial charge < -0.3 is 19.8 Å². The minimum atomic E-state index is -4.96. The Kier molecular flexibility index (Phi) is 6.31. The second-order valence-electron chi connectivity index (χ2n) is 6.26. The molecule has 3 aromatic rings. The zero-order valence-electron chi connectivity index (χ0n) is 15.9. The highest BCUT2D eigenvalue weighted by molar-refractivity contribution is 14.1. The van der Waals surface area contributed by atoms with Crippen LogP contribution in [0.25, 0.3) is 5.69 Å². The number of carbonyl (C=O) groups excluding carboxylic acids is 1. The number of benzene rings is 2. The topological polar surface area (TPSA) is 90.3 Å². The Hall–Kier alpha value is -3.34. The van der Waals surface area contributed by atoms with Crippen LogP contribution in [0.2, 0.25) is 0 Å². The van der Waals surface area contributed by atoms with Crippen LogP contribution in [-0.2, 0) is 10.9 Å². The Morgan fingerprint density at radius 2 is 1.81 bits per heavy atom. The first-order chi connectivity index (χ1) is 15.0. The summed E-state index contributed by atoms with van der Waals surface area (Å²) in [6, 6.07) is 6.31. The van der Waals surface area contributed by atoms with Gasteiger partial charge in [-0.1, -0.05) is 0 Å². The zero-order valence-corrected chi connectivity index (χ0v) is 18.1. The highest BCUT2D eigenvalue weighted by atomic mass is 127. The van der Waals surface area contributed by atoms with Gasteiger partial charge in [0.15, 0.2) is 28.8 Å². The van der Waals surface area contributed by atoms with E-state index in [1.54, 1.807) is 12.1 Å². The van der Waals surface area contributed by atoms with Crippen molar-refractivity contribution in [1.29, 1.82) is 5.26 Å². The number of anilines is 1. The van der Waals surface area contributed by atoms with Gasteiger partial charge in [0.25, 0.3) is 0 Å². The fraction of sp³-hybridized carbons (Fsp3) is 0.100. The van der Waals surface area contributed by atoms with Crippen molar-refractivity contribution in [2.24, 2.45) is 0 Å². The van der Waals surface area contributed by atoms with Gasteiger partial charge in [0.1, 0.15) is 6.07 Å². The summed E-state index contributed by atoms with van der Waals surface area (Å²) in [5, 5.41) is 9.25. The normalized spacial score (nSPS) is 11.2. The van der Waals surface area contributed by atoms with Crippen molar-refractivity contribution in [2.45, 2.75) is 6.18 Å².